The normalized spacial score (nSPS) is 11.8. The number of amides is 1. The number of rotatable bonds is 5. The van der Waals surface area contributed by atoms with Crippen LogP contribution >= 0.6 is 11.8 Å². The Hall–Kier alpha value is -1.94. The Labute approximate surface area is 136 Å². The number of para-hydroxylation sites is 1. The van der Waals surface area contributed by atoms with Crippen molar-refractivity contribution in [1.82, 2.24) is 0 Å². The van der Waals surface area contributed by atoms with Crippen molar-refractivity contribution in [3.8, 4) is 5.75 Å². The molecule has 0 aliphatic carbocycles. The van der Waals surface area contributed by atoms with Gasteiger partial charge in [0.15, 0.2) is 6.10 Å². The molecule has 1 atom stereocenters. The second-order valence-corrected chi connectivity index (χ2v) is 6.07. The van der Waals surface area contributed by atoms with E-state index in [-0.39, 0.29) is 5.91 Å². The SMILES string of the molecule is CSc1ccccc1NC(=O)[C@H](C)Oc1ccc(C)cc1C. The van der Waals surface area contributed by atoms with Gasteiger partial charge in [-0.2, -0.15) is 0 Å². The average molecular weight is 315 g/mol. The molecule has 0 aliphatic rings. The molecule has 2 rings (SSSR count). The molecule has 0 aromatic heterocycles. The van der Waals surface area contributed by atoms with Gasteiger partial charge in [-0.3, -0.25) is 4.79 Å². The highest BCUT2D eigenvalue weighted by atomic mass is 32.2. The van der Waals surface area contributed by atoms with Crippen LogP contribution in [0.5, 0.6) is 5.75 Å². The Morgan fingerprint density at radius 1 is 1.18 bits per heavy atom. The number of hydrogen-bond acceptors (Lipinski definition) is 3. The molecule has 0 saturated heterocycles. The lowest BCUT2D eigenvalue weighted by molar-refractivity contribution is -0.122. The standard InChI is InChI=1S/C18H21NO2S/c1-12-9-10-16(13(2)11-12)21-14(3)18(20)19-15-7-5-6-8-17(15)22-4/h5-11,14H,1-4H3,(H,19,20)/t14-/m0/s1. The van der Waals surface area contributed by atoms with Gasteiger partial charge in [-0.1, -0.05) is 29.8 Å². The van der Waals surface area contributed by atoms with Crippen LogP contribution in [0.15, 0.2) is 47.4 Å². The number of thioether (sulfide) groups is 1. The third-order valence-corrected chi connectivity index (χ3v) is 4.16. The minimum atomic E-state index is -0.559. The quantitative estimate of drug-likeness (QED) is 0.829. The van der Waals surface area contributed by atoms with Crippen molar-refractivity contribution in [3.05, 3.63) is 53.6 Å². The van der Waals surface area contributed by atoms with Crippen molar-refractivity contribution < 1.29 is 9.53 Å². The van der Waals surface area contributed by atoms with Crippen LogP contribution < -0.4 is 10.1 Å². The molecule has 0 unspecified atom stereocenters. The minimum absolute atomic E-state index is 0.151. The minimum Gasteiger partial charge on any atom is -0.481 e. The first-order valence-corrected chi connectivity index (χ1v) is 8.41. The zero-order valence-corrected chi connectivity index (χ0v) is 14.2. The Bertz CT molecular complexity index is 670. The Morgan fingerprint density at radius 3 is 2.59 bits per heavy atom. The maximum Gasteiger partial charge on any atom is 0.265 e. The smallest absolute Gasteiger partial charge is 0.265 e. The van der Waals surface area contributed by atoms with Gasteiger partial charge in [0.1, 0.15) is 5.75 Å². The maximum atomic E-state index is 12.3. The summed E-state index contributed by atoms with van der Waals surface area (Å²) in [6.45, 7) is 5.78. The Kier molecular flexibility index (Phi) is 5.50. The predicted molar refractivity (Wildman–Crippen MR) is 92.9 cm³/mol. The summed E-state index contributed by atoms with van der Waals surface area (Å²) in [5, 5.41) is 2.93. The summed E-state index contributed by atoms with van der Waals surface area (Å²) < 4.78 is 5.79. The number of ether oxygens (including phenoxy) is 1. The highest BCUT2D eigenvalue weighted by Gasteiger charge is 2.17. The van der Waals surface area contributed by atoms with E-state index in [4.69, 9.17) is 4.74 Å². The molecule has 0 saturated carbocycles. The van der Waals surface area contributed by atoms with Gasteiger partial charge < -0.3 is 10.1 Å². The molecule has 22 heavy (non-hydrogen) atoms. The van der Waals surface area contributed by atoms with Crippen molar-refractivity contribution in [2.24, 2.45) is 0 Å². The first kappa shape index (κ1) is 16.4. The number of aryl methyl sites for hydroxylation is 2. The second-order valence-electron chi connectivity index (χ2n) is 5.22. The molecule has 2 aromatic rings. The predicted octanol–water partition coefficient (Wildman–Crippen LogP) is 4.43. The highest BCUT2D eigenvalue weighted by Crippen LogP contribution is 2.25. The van der Waals surface area contributed by atoms with Crippen molar-refractivity contribution in [3.63, 3.8) is 0 Å². The molecular formula is C18H21NO2S. The first-order valence-electron chi connectivity index (χ1n) is 7.19. The molecule has 3 nitrogen and oxygen atoms in total. The molecular weight excluding hydrogens is 294 g/mol. The second kappa shape index (κ2) is 7.36. The van der Waals surface area contributed by atoms with E-state index in [0.717, 1.165) is 21.9 Å². The van der Waals surface area contributed by atoms with Gasteiger partial charge >= 0.3 is 0 Å². The number of benzene rings is 2. The number of carbonyl (C=O) groups is 1. The largest absolute Gasteiger partial charge is 0.481 e. The van der Waals surface area contributed by atoms with Crippen molar-refractivity contribution in [1.29, 1.82) is 0 Å². The summed E-state index contributed by atoms with van der Waals surface area (Å²) in [7, 11) is 0. The lowest BCUT2D eigenvalue weighted by atomic mass is 10.1. The monoisotopic (exact) mass is 315 g/mol. The first-order chi connectivity index (χ1) is 10.5. The maximum absolute atomic E-state index is 12.3. The fourth-order valence-electron chi connectivity index (χ4n) is 2.16. The number of hydrogen-bond donors (Lipinski definition) is 1. The molecule has 0 fully saturated rings. The summed E-state index contributed by atoms with van der Waals surface area (Å²) in [4.78, 5) is 13.4. The van der Waals surface area contributed by atoms with E-state index >= 15 is 0 Å². The molecule has 0 heterocycles. The van der Waals surface area contributed by atoms with E-state index in [1.807, 2.05) is 62.6 Å². The Balaban J connectivity index is 2.06. The highest BCUT2D eigenvalue weighted by molar-refractivity contribution is 7.98. The van der Waals surface area contributed by atoms with Gasteiger partial charge in [-0.25, -0.2) is 0 Å². The van der Waals surface area contributed by atoms with Crippen LogP contribution in [0.1, 0.15) is 18.1 Å². The molecule has 0 spiro atoms. The summed E-state index contributed by atoms with van der Waals surface area (Å²) in [5.74, 6) is 0.591. The van der Waals surface area contributed by atoms with Gasteiger partial charge in [0.05, 0.1) is 5.69 Å². The molecule has 2 aromatic carbocycles. The van der Waals surface area contributed by atoms with Gasteiger partial charge in [0.2, 0.25) is 0 Å². The fourth-order valence-corrected chi connectivity index (χ4v) is 2.71. The van der Waals surface area contributed by atoms with Crippen LogP contribution in [0, 0.1) is 13.8 Å². The summed E-state index contributed by atoms with van der Waals surface area (Å²) in [5.41, 5.74) is 3.02. The van der Waals surface area contributed by atoms with Crippen LogP contribution in [0.4, 0.5) is 5.69 Å². The molecule has 0 radical (unpaired) electrons. The fraction of sp³-hybridized carbons (Fsp3) is 0.278. The van der Waals surface area contributed by atoms with Crippen LogP contribution in [0.2, 0.25) is 0 Å². The number of anilines is 1. The third kappa shape index (κ3) is 4.04. The third-order valence-electron chi connectivity index (χ3n) is 3.37. The van der Waals surface area contributed by atoms with Gasteiger partial charge in [0.25, 0.3) is 5.91 Å². The molecule has 1 amide bonds. The topological polar surface area (TPSA) is 38.3 Å². The number of carbonyl (C=O) groups excluding carboxylic acids is 1. The molecule has 1 N–H and O–H groups in total. The molecule has 0 aliphatic heterocycles. The van der Waals surface area contributed by atoms with Crippen LogP contribution in [0.3, 0.4) is 0 Å². The van der Waals surface area contributed by atoms with Gasteiger partial charge in [-0.05, 0) is 50.8 Å². The van der Waals surface area contributed by atoms with E-state index in [2.05, 4.69) is 5.32 Å². The average Bonchev–Trinajstić information content (AvgIpc) is 2.50. The summed E-state index contributed by atoms with van der Waals surface area (Å²) in [6, 6.07) is 13.7. The van der Waals surface area contributed by atoms with Crippen LogP contribution in [-0.2, 0) is 4.79 Å². The lowest BCUT2D eigenvalue weighted by Gasteiger charge is -2.17. The molecule has 4 heteroatoms. The van der Waals surface area contributed by atoms with E-state index < -0.39 is 6.10 Å². The summed E-state index contributed by atoms with van der Waals surface area (Å²) in [6.07, 6.45) is 1.43. The van der Waals surface area contributed by atoms with Crippen molar-refractivity contribution in [2.45, 2.75) is 31.8 Å². The van der Waals surface area contributed by atoms with Crippen molar-refractivity contribution >= 4 is 23.4 Å². The van der Waals surface area contributed by atoms with Gasteiger partial charge in [0, 0.05) is 4.90 Å². The van der Waals surface area contributed by atoms with Crippen LogP contribution in [-0.4, -0.2) is 18.3 Å². The molecule has 0 bridgehead atoms. The zero-order valence-electron chi connectivity index (χ0n) is 13.3. The van der Waals surface area contributed by atoms with E-state index in [0.29, 0.717) is 0 Å². The van der Waals surface area contributed by atoms with Crippen LogP contribution in [0.25, 0.3) is 0 Å². The van der Waals surface area contributed by atoms with Crippen molar-refractivity contribution in [2.75, 3.05) is 11.6 Å². The van der Waals surface area contributed by atoms with E-state index in [1.165, 1.54) is 5.56 Å². The lowest BCUT2D eigenvalue weighted by Crippen LogP contribution is -2.30. The van der Waals surface area contributed by atoms with Gasteiger partial charge in [-0.15, -0.1) is 11.8 Å². The molecule has 116 valence electrons. The zero-order chi connectivity index (χ0) is 16.1. The summed E-state index contributed by atoms with van der Waals surface area (Å²) >= 11 is 1.60. The Morgan fingerprint density at radius 2 is 1.91 bits per heavy atom. The number of nitrogens with one attached hydrogen (secondary N) is 1. The van der Waals surface area contributed by atoms with E-state index in [9.17, 15) is 4.79 Å². The van der Waals surface area contributed by atoms with E-state index in [1.54, 1.807) is 18.7 Å².